The van der Waals surface area contributed by atoms with Gasteiger partial charge in [-0.3, -0.25) is 4.79 Å². The zero-order chi connectivity index (χ0) is 16.8. The summed E-state index contributed by atoms with van der Waals surface area (Å²) in [6.07, 6.45) is 0. The number of hydrogen-bond acceptors (Lipinski definition) is 2. The average molecular weight is 308 g/mol. The summed E-state index contributed by atoms with van der Waals surface area (Å²) in [5.74, 6) is -0.0306. The first-order chi connectivity index (χ1) is 11.0. The van der Waals surface area contributed by atoms with Crippen LogP contribution in [0.4, 0.5) is 5.69 Å². The molecular formula is C19H22N3O+. The lowest BCUT2D eigenvalue weighted by Crippen LogP contribution is -3.08. The molecule has 0 aliphatic carbocycles. The highest BCUT2D eigenvalue weighted by atomic mass is 16.2. The number of likely N-dealkylation sites (N-methyl/N-ethyl adjacent to an activating group) is 1. The zero-order valence-electron chi connectivity index (χ0n) is 13.8. The smallest absolute Gasteiger partial charge is 0.279 e. The summed E-state index contributed by atoms with van der Waals surface area (Å²) in [4.78, 5) is 13.2. The van der Waals surface area contributed by atoms with Crippen molar-refractivity contribution in [2.24, 2.45) is 0 Å². The molecule has 2 aromatic carbocycles. The highest BCUT2D eigenvalue weighted by Gasteiger charge is 2.12. The Balaban J connectivity index is 1.90. The molecule has 2 rings (SSSR count). The van der Waals surface area contributed by atoms with E-state index in [0.29, 0.717) is 17.8 Å². The van der Waals surface area contributed by atoms with E-state index in [-0.39, 0.29) is 5.91 Å². The van der Waals surface area contributed by atoms with Gasteiger partial charge in [-0.05, 0) is 43.7 Å². The van der Waals surface area contributed by atoms with E-state index in [0.717, 1.165) is 11.4 Å². The average Bonchev–Trinajstić information content (AvgIpc) is 2.50. The summed E-state index contributed by atoms with van der Waals surface area (Å²) in [5.41, 5.74) is 5.08. The van der Waals surface area contributed by atoms with Gasteiger partial charge in [-0.15, -0.1) is 0 Å². The van der Waals surface area contributed by atoms with Gasteiger partial charge in [0.15, 0.2) is 6.54 Å². The second kappa shape index (κ2) is 7.57. The number of quaternary nitrogens is 1. The third-order valence-electron chi connectivity index (χ3n) is 3.75. The van der Waals surface area contributed by atoms with Crippen LogP contribution in [-0.2, 0) is 11.3 Å². The molecule has 0 aliphatic rings. The first kappa shape index (κ1) is 16.7. The van der Waals surface area contributed by atoms with Gasteiger partial charge in [-0.1, -0.05) is 23.8 Å². The van der Waals surface area contributed by atoms with Crippen molar-refractivity contribution in [3.63, 3.8) is 0 Å². The molecular weight excluding hydrogens is 286 g/mol. The van der Waals surface area contributed by atoms with Crippen LogP contribution in [0, 0.1) is 25.2 Å². The van der Waals surface area contributed by atoms with Gasteiger partial charge in [0.25, 0.3) is 5.91 Å². The van der Waals surface area contributed by atoms with Gasteiger partial charge < -0.3 is 10.2 Å². The Morgan fingerprint density at radius 1 is 1.17 bits per heavy atom. The van der Waals surface area contributed by atoms with Crippen LogP contribution in [0.5, 0.6) is 0 Å². The lowest BCUT2D eigenvalue weighted by Gasteiger charge is -2.15. The Morgan fingerprint density at radius 2 is 1.87 bits per heavy atom. The van der Waals surface area contributed by atoms with Crippen LogP contribution in [0.2, 0.25) is 0 Å². The van der Waals surface area contributed by atoms with Crippen molar-refractivity contribution in [2.75, 3.05) is 18.9 Å². The van der Waals surface area contributed by atoms with Gasteiger partial charge in [0.05, 0.1) is 18.7 Å². The first-order valence-corrected chi connectivity index (χ1v) is 7.65. The van der Waals surface area contributed by atoms with Crippen LogP contribution in [0.3, 0.4) is 0 Å². The fourth-order valence-electron chi connectivity index (χ4n) is 2.54. The minimum absolute atomic E-state index is 0.0306. The fraction of sp³-hybridized carbons (Fsp3) is 0.263. The minimum atomic E-state index is -0.0306. The molecule has 4 heteroatoms. The maximum Gasteiger partial charge on any atom is 0.279 e. The molecule has 0 saturated carbocycles. The van der Waals surface area contributed by atoms with E-state index in [1.54, 1.807) is 24.3 Å². The fourth-order valence-corrected chi connectivity index (χ4v) is 2.54. The van der Waals surface area contributed by atoms with Gasteiger partial charge in [0, 0.05) is 11.3 Å². The van der Waals surface area contributed by atoms with Crippen molar-refractivity contribution in [3.8, 4) is 6.07 Å². The molecule has 0 aliphatic heterocycles. The Morgan fingerprint density at radius 3 is 2.48 bits per heavy atom. The second-order valence-electron chi connectivity index (χ2n) is 5.98. The SMILES string of the molecule is Cc1ccc(C[NH+](C)CC(=O)Nc2ccc(C#N)cc2)c(C)c1. The van der Waals surface area contributed by atoms with E-state index in [2.05, 4.69) is 43.4 Å². The Labute approximate surface area is 137 Å². The predicted octanol–water partition coefficient (Wildman–Crippen LogP) is 1.83. The van der Waals surface area contributed by atoms with Crippen LogP contribution < -0.4 is 10.2 Å². The molecule has 2 N–H and O–H groups in total. The van der Waals surface area contributed by atoms with Gasteiger partial charge in [0.2, 0.25) is 0 Å². The van der Waals surface area contributed by atoms with Crippen LogP contribution in [0.25, 0.3) is 0 Å². The highest BCUT2D eigenvalue weighted by Crippen LogP contribution is 2.09. The maximum absolute atomic E-state index is 12.1. The molecule has 0 aromatic heterocycles. The van der Waals surface area contributed by atoms with Crippen LogP contribution in [0.1, 0.15) is 22.3 Å². The summed E-state index contributed by atoms with van der Waals surface area (Å²) in [5, 5.41) is 11.6. The lowest BCUT2D eigenvalue weighted by molar-refractivity contribution is -0.885. The monoisotopic (exact) mass is 308 g/mol. The number of carbonyl (C=O) groups is 1. The van der Waals surface area contributed by atoms with Gasteiger partial charge in [0.1, 0.15) is 6.54 Å². The molecule has 2 aromatic rings. The van der Waals surface area contributed by atoms with E-state index < -0.39 is 0 Å². The van der Waals surface area contributed by atoms with E-state index in [4.69, 9.17) is 5.26 Å². The molecule has 0 bridgehead atoms. The minimum Gasteiger partial charge on any atom is -0.326 e. The quantitative estimate of drug-likeness (QED) is 0.885. The normalized spacial score (nSPS) is 11.6. The molecule has 1 amide bonds. The molecule has 0 saturated heterocycles. The molecule has 0 spiro atoms. The zero-order valence-corrected chi connectivity index (χ0v) is 13.8. The third-order valence-corrected chi connectivity index (χ3v) is 3.75. The third kappa shape index (κ3) is 4.94. The molecule has 0 radical (unpaired) electrons. The molecule has 1 unspecified atom stereocenters. The Bertz CT molecular complexity index is 729. The predicted molar refractivity (Wildman–Crippen MR) is 91.2 cm³/mol. The van der Waals surface area contributed by atoms with Crippen molar-refractivity contribution in [2.45, 2.75) is 20.4 Å². The number of nitrogens with zero attached hydrogens (tertiary/aromatic N) is 1. The van der Waals surface area contributed by atoms with Gasteiger partial charge in [-0.2, -0.15) is 5.26 Å². The van der Waals surface area contributed by atoms with Crippen LogP contribution in [-0.4, -0.2) is 19.5 Å². The molecule has 1 atom stereocenters. The number of rotatable bonds is 5. The summed E-state index contributed by atoms with van der Waals surface area (Å²) >= 11 is 0. The molecule has 118 valence electrons. The standard InChI is InChI=1S/C19H21N3O/c1-14-4-7-17(15(2)10-14)12-22(3)13-19(23)21-18-8-5-16(11-20)6-9-18/h4-10H,12-13H2,1-3H3,(H,21,23)/p+1. The molecule has 0 heterocycles. The summed E-state index contributed by atoms with van der Waals surface area (Å²) in [6, 6.07) is 15.3. The highest BCUT2D eigenvalue weighted by molar-refractivity contribution is 5.91. The summed E-state index contributed by atoms with van der Waals surface area (Å²) in [6.45, 7) is 5.39. The van der Waals surface area contributed by atoms with E-state index in [9.17, 15) is 4.79 Å². The molecule has 0 fully saturated rings. The topological polar surface area (TPSA) is 57.3 Å². The number of anilines is 1. The van der Waals surface area contributed by atoms with Crippen molar-refractivity contribution < 1.29 is 9.69 Å². The van der Waals surface area contributed by atoms with Crippen molar-refractivity contribution in [3.05, 3.63) is 64.7 Å². The van der Waals surface area contributed by atoms with Crippen LogP contribution in [0.15, 0.2) is 42.5 Å². The van der Waals surface area contributed by atoms with Gasteiger partial charge >= 0.3 is 0 Å². The number of benzene rings is 2. The number of hydrogen-bond donors (Lipinski definition) is 2. The Hall–Kier alpha value is -2.64. The van der Waals surface area contributed by atoms with Crippen LogP contribution >= 0.6 is 0 Å². The maximum atomic E-state index is 12.1. The second-order valence-corrected chi connectivity index (χ2v) is 5.98. The number of aryl methyl sites for hydroxylation is 2. The molecule has 4 nitrogen and oxygen atoms in total. The van der Waals surface area contributed by atoms with Crippen molar-refractivity contribution in [1.82, 2.24) is 0 Å². The number of carbonyl (C=O) groups excluding carboxylic acids is 1. The van der Waals surface area contributed by atoms with Crippen molar-refractivity contribution >= 4 is 11.6 Å². The largest absolute Gasteiger partial charge is 0.326 e. The number of nitriles is 1. The van der Waals surface area contributed by atoms with E-state index in [1.165, 1.54) is 16.7 Å². The summed E-state index contributed by atoms with van der Waals surface area (Å²) in [7, 11) is 2.01. The van der Waals surface area contributed by atoms with E-state index >= 15 is 0 Å². The van der Waals surface area contributed by atoms with E-state index in [1.807, 2.05) is 7.05 Å². The number of nitrogens with one attached hydrogen (secondary N) is 2. The first-order valence-electron chi connectivity index (χ1n) is 7.65. The van der Waals surface area contributed by atoms with Crippen molar-refractivity contribution in [1.29, 1.82) is 5.26 Å². The Kier molecular flexibility index (Phi) is 5.51. The summed E-state index contributed by atoms with van der Waals surface area (Å²) < 4.78 is 0. The lowest BCUT2D eigenvalue weighted by atomic mass is 10.1. The van der Waals surface area contributed by atoms with Gasteiger partial charge in [-0.25, -0.2) is 0 Å². The molecule has 23 heavy (non-hydrogen) atoms. The number of amides is 1.